The molecule has 1 saturated heterocycles. The molecule has 140 valence electrons. The van der Waals surface area contributed by atoms with Crippen LogP contribution < -0.4 is 21.5 Å². The van der Waals surface area contributed by atoms with Gasteiger partial charge in [0, 0.05) is 45.5 Å². The van der Waals surface area contributed by atoms with Crippen LogP contribution in [0.3, 0.4) is 0 Å². The van der Waals surface area contributed by atoms with Gasteiger partial charge in [0.1, 0.15) is 5.82 Å². The lowest BCUT2D eigenvalue weighted by Crippen LogP contribution is -2.41. The lowest BCUT2D eigenvalue weighted by Gasteiger charge is -2.21. The Hall–Kier alpha value is -3.36. The van der Waals surface area contributed by atoms with Crippen LogP contribution in [0.2, 0.25) is 0 Å². The van der Waals surface area contributed by atoms with Crippen LogP contribution in [0.15, 0.2) is 46.2 Å². The zero-order valence-electron chi connectivity index (χ0n) is 15.1. The predicted octanol–water partition coefficient (Wildman–Crippen LogP) is -0.260. The van der Waals surface area contributed by atoms with Crippen molar-refractivity contribution in [1.29, 1.82) is 0 Å². The van der Waals surface area contributed by atoms with E-state index in [0.29, 0.717) is 24.7 Å². The van der Waals surface area contributed by atoms with Gasteiger partial charge in [-0.3, -0.25) is 23.1 Å². The molecule has 1 aliphatic heterocycles. The maximum absolute atomic E-state index is 12.6. The van der Waals surface area contributed by atoms with E-state index >= 15 is 0 Å². The Morgan fingerprint density at radius 3 is 2.85 bits per heavy atom. The van der Waals surface area contributed by atoms with E-state index in [2.05, 4.69) is 10.3 Å². The van der Waals surface area contributed by atoms with Crippen LogP contribution in [0.1, 0.15) is 17.0 Å². The van der Waals surface area contributed by atoms with Gasteiger partial charge in [-0.25, -0.2) is 9.78 Å². The second kappa shape index (κ2) is 6.42. The second-order valence-corrected chi connectivity index (χ2v) is 6.72. The summed E-state index contributed by atoms with van der Waals surface area (Å²) >= 11 is 0. The molecular formula is C18H20N6O3. The Morgan fingerprint density at radius 2 is 2.04 bits per heavy atom. The summed E-state index contributed by atoms with van der Waals surface area (Å²) in [5.41, 5.74) is 0.143. The molecule has 1 fully saturated rings. The van der Waals surface area contributed by atoms with E-state index in [1.807, 2.05) is 23.1 Å². The zero-order chi connectivity index (χ0) is 19.1. The number of nitrogens with zero attached hydrogens (tertiary/aromatic N) is 5. The summed E-state index contributed by atoms with van der Waals surface area (Å²) in [4.78, 5) is 42.8. The third-order valence-corrected chi connectivity index (χ3v) is 4.99. The maximum atomic E-state index is 12.6. The number of aromatic nitrogens is 4. The quantitative estimate of drug-likeness (QED) is 0.688. The van der Waals surface area contributed by atoms with Gasteiger partial charge in [0.05, 0.1) is 11.7 Å². The largest absolute Gasteiger partial charge is 0.356 e. The molecule has 0 bridgehead atoms. The highest BCUT2D eigenvalue weighted by atomic mass is 16.2. The number of carbonyl (C=O) groups is 1. The minimum atomic E-state index is -0.367. The molecule has 0 saturated carbocycles. The minimum Gasteiger partial charge on any atom is -0.356 e. The van der Waals surface area contributed by atoms with E-state index in [4.69, 9.17) is 0 Å². The first-order chi connectivity index (χ1) is 13.0. The van der Waals surface area contributed by atoms with Gasteiger partial charge < -0.3 is 10.2 Å². The molecule has 1 N–H and O–H groups in total. The molecule has 0 aromatic carbocycles. The number of imidazole rings is 1. The monoisotopic (exact) mass is 368 g/mol. The summed E-state index contributed by atoms with van der Waals surface area (Å²) in [6, 6.07) is 6.99. The summed E-state index contributed by atoms with van der Waals surface area (Å²) in [7, 11) is 3.09. The van der Waals surface area contributed by atoms with Gasteiger partial charge in [0.2, 0.25) is 5.82 Å². The van der Waals surface area contributed by atoms with Crippen LogP contribution in [0.5, 0.6) is 0 Å². The van der Waals surface area contributed by atoms with Gasteiger partial charge in [-0.15, -0.1) is 0 Å². The van der Waals surface area contributed by atoms with E-state index in [9.17, 15) is 14.4 Å². The molecular weight excluding hydrogens is 348 g/mol. The maximum Gasteiger partial charge on any atom is 0.332 e. The average molecular weight is 368 g/mol. The summed E-state index contributed by atoms with van der Waals surface area (Å²) in [6.07, 6.45) is 4.18. The van der Waals surface area contributed by atoms with Crippen LogP contribution in [0, 0.1) is 0 Å². The number of hydrogen-bond donors (Lipinski definition) is 1. The number of nitrogens with one attached hydrogen (secondary N) is 1. The van der Waals surface area contributed by atoms with Crippen molar-refractivity contribution in [2.24, 2.45) is 14.1 Å². The highest BCUT2D eigenvalue weighted by Crippen LogP contribution is 2.17. The fourth-order valence-corrected chi connectivity index (χ4v) is 3.47. The number of pyridine rings is 1. The molecule has 3 aromatic heterocycles. The van der Waals surface area contributed by atoms with Crippen molar-refractivity contribution in [2.75, 3.05) is 18.0 Å². The SMILES string of the molecule is Cn1c(N2CC[C@@H](NC(=O)c3ncc4ccccn34)C2)cc(=O)n(C)c1=O. The van der Waals surface area contributed by atoms with Crippen LogP contribution in [0.25, 0.3) is 5.52 Å². The van der Waals surface area contributed by atoms with Gasteiger partial charge in [0.25, 0.3) is 11.5 Å². The van der Waals surface area contributed by atoms with Crippen molar-refractivity contribution < 1.29 is 4.79 Å². The smallest absolute Gasteiger partial charge is 0.332 e. The first-order valence-electron chi connectivity index (χ1n) is 8.70. The van der Waals surface area contributed by atoms with Crippen molar-refractivity contribution in [3.8, 4) is 0 Å². The molecule has 0 radical (unpaired) electrons. The van der Waals surface area contributed by atoms with Crippen LogP contribution in [-0.2, 0) is 14.1 Å². The highest BCUT2D eigenvalue weighted by Gasteiger charge is 2.27. The standard InChI is InChI=1S/C18H20N6O3/c1-21-14(9-15(25)22(2)18(21)27)23-8-6-12(11-23)20-17(26)16-19-10-13-5-3-4-7-24(13)16/h3-5,7,9-10,12H,6,8,11H2,1-2H3,(H,20,26)/t12-/m1/s1. The van der Waals surface area contributed by atoms with Crippen LogP contribution >= 0.6 is 0 Å². The normalized spacial score (nSPS) is 16.8. The molecule has 9 heteroatoms. The molecule has 1 aliphatic rings. The molecule has 0 spiro atoms. The van der Waals surface area contributed by atoms with Crippen molar-refractivity contribution in [2.45, 2.75) is 12.5 Å². The molecule has 9 nitrogen and oxygen atoms in total. The van der Waals surface area contributed by atoms with Crippen molar-refractivity contribution in [3.05, 3.63) is 63.3 Å². The Balaban J connectivity index is 1.51. The molecule has 1 amide bonds. The minimum absolute atomic E-state index is 0.0901. The molecule has 1 atom stereocenters. The molecule has 0 unspecified atom stereocenters. The van der Waals surface area contributed by atoms with Crippen LogP contribution in [-0.4, -0.2) is 43.6 Å². The molecule has 4 heterocycles. The van der Waals surface area contributed by atoms with E-state index in [1.54, 1.807) is 23.8 Å². The van der Waals surface area contributed by atoms with E-state index in [-0.39, 0.29) is 23.2 Å². The Kier molecular flexibility index (Phi) is 4.06. The number of carbonyl (C=O) groups excluding carboxylic acids is 1. The lowest BCUT2D eigenvalue weighted by molar-refractivity contribution is 0.0929. The van der Waals surface area contributed by atoms with E-state index < -0.39 is 0 Å². The van der Waals surface area contributed by atoms with E-state index in [1.165, 1.54) is 17.7 Å². The lowest BCUT2D eigenvalue weighted by atomic mass is 10.2. The van der Waals surface area contributed by atoms with Crippen molar-refractivity contribution in [1.82, 2.24) is 23.8 Å². The molecule has 0 aliphatic carbocycles. The number of amides is 1. The summed E-state index contributed by atoms with van der Waals surface area (Å²) in [6.45, 7) is 1.17. The second-order valence-electron chi connectivity index (χ2n) is 6.72. The summed E-state index contributed by atoms with van der Waals surface area (Å²) in [5, 5.41) is 3.00. The average Bonchev–Trinajstić information content (AvgIpc) is 3.30. The fraction of sp³-hybridized carbons (Fsp3) is 0.333. The summed E-state index contributed by atoms with van der Waals surface area (Å²) in [5.74, 6) is 0.655. The molecule has 4 rings (SSSR count). The zero-order valence-corrected chi connectivity index (χ0v) is 15.1. The van der Waals surface area contributed by atoms with Gasteiger partial charge >= 0.3 is 5.69 Å². The Bertz CT molecular complexity index is 1140. The number of hydrogen-bond acceptors (Lipinski definition) is 5. The first-order valence-corrected chi connectivity index (χ1v) is 8.70. The van der Waals surface area contributed by atoms with Crippen LogP contribution in [0.4, 0.5) is 5.82 Å². The Morgan fingerprint density at radius 1 is 1.22 bits per heavy atom. The van der Waals surface area contributed by atoms with Gasteiger partial charge in [-0.1, -0.05) is 6.07 Å². The van der Waals surface area contributed by atoms with Gasteiger partial charge in [-0.2, -0.15) is 0 Å². The van der Waals surface area contributed by atoms with Gasteiger partial charge in [0.15, 0.2) is 0 Å². The topological polar surface area (TPSA) is 93.6 Å². The molecule has 27 heavy (non-hydrogen) atoms. The summed E-state index contributed by atoms with van der Waals surface area (Å²) < 4.78 is 4.27. The third-order valence-electron chi connectivity index (χ3n) is 4.99. The number of fused-ring (bicyclic) bond motifs is 1. The fourth-order valence-electron chi connectivity index (χ4n) is 3.47. The first kappa shape index (κ1) is 17.1. The van der Waals surface area contributed by atoms with Crippen molar-refractivity contribution in [3.63, 3.8) is 0 Å². The number of anilines is 1. The van der Waals surface area contributed by atoms with E-state index in [0.717, 1.165) is 16.5 Å². The van der Waals surface area contributed by atoms with Gasteiger partial charge in [-0.05, 0) is 18.6 Å². The Labute approximate surface area is 154 Å². The predicted molar refractivity (Wildman–Crippen MR) is 100 cm³/mol. The molecule has 3 aromatic rings. The van der Waals surface area contributed by atoms with Crippen molar-refractivity contribution >= 4 is 17.2 Å². The highest BCUT2D eigenvalue weighted by molar-refractivity contribution is 5.92. The number of rotatable bonds is 3. The third kappa shape index (κ3) is 2.90.